The molecular weight excluding hydrogens is 296 g/mol. The van der Waals surface area contributed by atoms with E-state index in [9.17, 15) is 8.42 Å². The first-order chi connectivity index (χ1) is 9.02. The summed E-state index contributed by atoms with van der Waals surface area (Å²) in [4.78, 5) is 0. The van der Waals surface area contributed by atoms with Crippen LogP contribution in [0.25, 0.3) is 0 Å². The lowest BCUT2D eigenvalue weighted by Crippen LogP contribution is -2.32. The molecule has 1 unspecified atom stereocenters. The molecule has 0 amide bonds. The number of benzene rings is 1. The zero-order valence-electron chi connectivity index (χ0n) is 11.3. The van der Waals surface area contributed by atoms with E-state index in [1.165, 1.54) is 0 Å². The molecule has 0 aromatic heterocycles. The van der Waals surface area contributed by atoms with Crippen LogP contribution in [0.3, 0.4) is 0 Å². The van der Waals surface area contributed by atoms with Crippen molar-refractivity contribution in [2.75, 3.05) is 11.5 Å². The molecule has 0 saturated carbocycles. The largest absolute Gasteiger partial charge is 0.399 e. The van der Waals surface area contributed by atoms with E-state index in [1.54, 1.807) is 6.08 Å². The number of halogens is 1. The highest BCUT2D eigenvalue weighted by molar-refractivity contribution is 7.89. The molecule has 0 radical (unpaired) electrons. The van der Waals surface area contributed by atoms with Crippen molar-refractivity contribution in [2.24, 2.45) is 0 Å². The van der Waals surface area contributed by atoms with Gasteiger partial charge in [0.25, 0.3) is 0 Å². The fraction of sp³-hybridized carbons (Fsp3) is 0.429. The smallest absolute Gasteiger partial charge is 0.212 e. The average Bonchev–Trinajstić information content (AvgIpc) is 2.36. The van der Waals surface area contributed by atoms with Gasteiger partial charge >= 0.3 is 0 Å². The van der Waals surface area contributed by atoms with E-state index >= 15 is 0 Å². The number of fused-ring (bicyclic) bond motifs is 1. The standard InChI is InChI=1S/C14H20N2O2S.ClH/c1-2-3-9-19(17,18)16-14-6-4-5-11-10-12(15)7-8-13(11)14;/h2,7-8,10,14,16H,1,3-6,9,15H2;1H. The van der Waals surface area contributed by atoms with E-state index in [0.717, 1.165) is 36.1 Å². The number of hydrogen-bond donors (Lipinski definition) is 2. The number of aryl methyl sites for hydroxylation is 1. The molecule has 2 rings (SSSR count). The van der Waals surface area contributed by atoms with Gasteiger partial charge in [0.05, 0.1) is 5.75 Å². The van der Waals surface area contributed by atoms with Gasteiger partial charge in [-0.3, -0.25) is 0 Å². The molecule has 0 aliphatic heterocycles. The molecule has 3 N–H and O–H groups in total. The third kappa shape index (κ3) is 4.23. The highest BCUT2D eigenvalue weighted by Gasteiger charge is 2.24. The number of nitrogens with one attached hydrogen (secondary N) is 1. The Balaban J connectivity index is 0.00000200. The summed E-state index contributed by atoms with van der Waals surface area (Å²) in [5.74, 6) is 0.0945. The van der Waals surface area contributed by atoms with E-state index in [-0.39, 0.29) is 24.2 Å². The van der Waals surface area contributed by atoms with Crippen LogP contribution < -0.4 is 10.5 Å². The van der Waals surface area contributed by atoms with Gasteiger partial charge in [-0.25, -0.2) is 13.1 Å². The van der Waals surface area contributed by atoms with E-state index < -0.39 is 10.0 Å². The molecular formula is C14H21ClN2O2S. The first kappa shape index (κ1) is 17.0. The van der Waals surface area contributed by atoms with Crippen LogP contribution in [0, 0.1) is 0 Å². The Morgan fingerprint density at radius 2 is 2.20 bits per heavy atom. The van der Waals surface area contributed by atoms with Gasteiger partial charge in [-0.05, 0) is 48.9 Å². The summed E-state index contributed by atoms with van der Waals surface area (Å²) in [5.41, 5.74) is 8.71. The summed E-state index contributed by atoms with van der Waals surface area (Å²) in [6, 6.07) is 5.58. The van der Waals surface area contributed by atoms with Crippen molar-refractivity contribution < 1.29 is 8.42 Å². The monoisotopic (exact) mass is 316 g/mol. The number of anilines is 1. The maximum atomic E-state index is 12.0. The SMILES string of the molecule is C=CCCS(=O)(=O)NC1CCCc2cc(N)ccc21.Cl. The fourth-order valence-electron chi connectivity index (χ4n) is 2.47. The third-order valence-electron chi connectivity index (χ3n) is 3.39. The molecule has 0 saturated heterocycles. The maximum absolute atomic E-state index is 12.0. The van der Waals surface area contributed by atoms with Gasteiger partial charge in [-0.15, -0.1) is 19.0 Å². The molecule has 1 aliphatic carbocycles. The Bertz CT molecular complexity index is 573. The predicted molar refractivity (Wildman–Crippen MR) is 85.5 cm³/mol. The van der Waals surface area contributed by atoms with E-state index in [0.29, 0.717) is 6.42 Å². The fourth-order valence-corrected chi connectivity index (χ4v) is 3.74. The summed E-state index contributed by atoms with van der Waals surface area (Å²) in [7, 11) is -3.25. The second kappa shape index (κ2) is 7.11. The van der Waals surface area contributed by atoms with E-state index in [2.05, 4.69) is 11.3 Å². The van der Waals surface area contributed by atoms with Crippen LogP contribution in [0.2, 0.25) is 0 Å². The highest BCUT2D eigenvalue weighted by atomic mass is 35.5. The second-order valence-electron chi connectivity index (χ2n) is 4.92. The summed E-state index contributed by atoms with van der Waals surface area (Å²) in [5, 5.41) is 0. The zero-order chi connectivity index (χ0) is 13.9. The lowest BCUT2D eigenvalue weighted by Gasteiger charge is -2.26. The van der Waals surface area contributed by atoms with Crippen molar-refractivity contribution >= 4 is 28.1 Å². The zero-order valence-corrected chi connectivity index (χ0v) is 13.0. The molecule has 0 fully saturated rings. The van der Waals surface area contributed by atoms with Crippen molar-refractivity contribution in [2.45, 2.75) is 31.7 Å². The number of sulfonamides is 1. The van der Waals surface area contributed by atoms with Gasteiger partial charge in [0, 0.05) is 11.7 Å². The number of hydrogen-bond acceptors (Lipinski definition) is 3. The number of allylic oxidation sites excluding steroid dienone is 1. The molecule has 112 valence electrons. The number of rotatable bonds is 5. The normalized spacial score (nSPS) is 17.9. The van der Waals surface area contributed by atoms with Crippen LogP contribution in [-0.4, -0.2) is 14.2 Å². The quantitative estimate of drug-likeness (QED) is 0.648. The Morgan fingerprint density at radius 1 is 1.45 bits per heavy atom. The minimum Gasteiger partial charge on any atom is -0.399 e. The predicted octanol–water partition coefficient (Wildman–Crippen LogP) is 2.56. The molecule has 1 aliphatic rings. The average molecular weight is 317 g/mol. The van der Waals surface area contributed by atoms with Crippen molar-refractivity contribution in [1.29, 1.82) is 0 Å². The van der Waals surface area contributed by atoms with Crippen LogP contribution in [0.1, 0.15) is 36.4 Å². The molecule has 20 heavy (non-hydrogen) atoms. The van der Waals surface area contributed by atoms with Gasteiger partial charge in [0.1, 0.15) is 0 Å². The Kier molecular flexibility index (Phi) is 6.05. The second-order valence-corrected chi connectivity index (χ2v) is 6.79. The van der Waals surface area contributed by atoms with Gasteiger partial charge in [0.2, 0.25) is 10.0 Å². The van der Waals surface area contributed by atoms with Crippen LogP contribution in [0.5, 0.6) is 0 Å². The lowest BCUT2D eigenvalue weighted by molar-refractivity contribution is 0.507. The van der Waals surface area contributed by atoms with Gasteiger partial charge in [-0.1, -0.05) is 12.1 Å². The van der Waals surface area contributed by atoms with Gasteiger partial charge in [-0.2, -0.15) is 0 Å². The van der Waals surface area contributed by atoms with E-state index in [1.807, 2.05) is 18.2 Å². The van der Waals surface area contributed by atoms with Crippen LogP contribution >= 0.6 is 12.4 Å². The number of nitrogen functional groups attached to an aromatic ring is 1. The van der Waals surface area contributed by atoms with Crippen molar-refractivity contribution in [1.82, 2.24) is 4.72 Å². The Morgan fingerprint density at radius 3 is 2.90 bits per heavy atom. The molecule has 1 atom stereocenters. The van der Waals surface area contributed by atoms with E-state index in [4.69, 9.17) is 5.73 Å². The van der Waals surface area contributed by atoms with Crippen molar-refractivity contribution in [3.63, 3.8) is 0 Å². The van der Waals surface area contributed by atoms with Crippen LogP contribution in [-0.2, 0) is 16.4 Å². The third-order valence-corrected chi connectivity index (χ3v) is 4.81. The molecule has 0 heterocycles. The molecule has 4 nitrogen and oxygen atoms in total. The summed E-state index contributed by atoms with van der Waals surface area (Å²) >= 11 is 0. The van der Waals surface area contributed by atoms with Crippen molar-refractivity contribution in [3.05, 3.63) is 42.0 Å². The molecule has 1 aromatic carbocycles. The van der Waals surface area contributed by atoms with Crippen LogP contribution in [0.4, 0.5) is 5.69 Å². The van der Waals surface area contributed by atoms with Gasteiger partial charge < -0.3 is 5.73 Å². The molecule has 0 spiro atoms. The van der Waals surface area contributed by atoms with Crippen molar-refractivity contribution in [3.8, 4) is 0 Å². The first-order valence-electron chi connectivity index (χ1n) is 6.51. The maximum Gasteiger partial charge on any atom is 0.212 e. The number of nitrogens with two attached hydrogens (primary N) is 1. The Labute approximate surface area is 126 Å². The topological polar surface area (TPSA) is 72.2 Å². The lowest BCUT2D eigenvalue weighted by atomic mass is 9.88. The molecule has 0 bridgehead atoms. The molecule has 1 aromatic rings. The minimum atomic E-state index is -3.25. The summed E-state index contributed by atoms with van der Waals surface area (Å²) in [6.45, 7) is 3.55. The summed E-state index contributed by atoms with van der Waals surface area (Å²) < 4.78 is 26.7. The summed E-state index contributed by atoms with van der Waals surface area (Å²) in [6.07, 6.45) is 4.87. The minimum absolute atomic E-state index is 0. The highest BCUT2D eigenvalue weighted by Crippen LogP contribution is 2.31. The molecule has 6 heteroatoms. The first-order valence-corrected chi connectivity index (χ1v) is 8.16. The Hall–Kier alpha value is -1.04. The van der Waals surface area contributed by atoms with Gasteiger partial charge in [0.15, 0.2) is 0 Å². The van der Waals surface area contributed by atoms with Crippen LogP contribution in [0.15, 0.2) is 30.9 Å².